The normalized spacial score (nSPS) is 18.9. The fourth-order valence-corrected chi connectivity index (χ4v) is 5.61. The number of aromatic hydroxyl groups is 1. The number of phenolic OH excluding ortho intramolecular Hbond substituents is 1. The smallest absolute Gasteiger partial charge is 0.336 e. The summed E-state index contributed by atoms with van der Waals surface area (Å²) in [6, 6.07) is 3.14. The number of sulfone groups is 1. The molecule has 28 heavy (non-hydrogen) atoms. The minimum Gasteiger partial charge on any atom is -0.507 e. The zero-order valence-electron chi connectivity index (χ0n) is 16.5. The van der Waals surface area contributed by atoms with Crippen molar-refractivity contribution in [3.63, 3.8) is 0 Å². The molecule has 0 aliphatic carbocycles. The highest BCUT2D eigenvalue weighted by Crippen LogP contribution is 2.34. The van der Waals surface area contributed by atoms with Gasteiger partial charge in [0.1, 0.15) is 11.3 Å². The maximum Gasteiger partial charge on any atom is 0.336 e. The Morgan fingerprint density at radius 1 is 1.36 bits per heavy atom. The van der Waals surface area contributed by atoms with Gasteiger partial charge in [-0.15, -0.1) is 0 Å². The van der Waals surface area contributed by atoms with Crippen LogP contribution in [0.25, 0.3) is 11.0 Å². The van der Waals surface area contributed by atoms with Gasteiger partial charge in [-0.2, -0.15) is 0 Å². The predicted molar refractivity (Wildman–Crippen MR) is 108 cm³/mol. The van der Waals surface area contributed by atoms with Crippen molar-refractivity contribution in [3.05, 3.63) is 39.2 Å². The maximum absolute atomic E-state index is 12.0. The van der Waals surface area contributed by atoms with Gasteiger partial charge < -0.3 is 14.3 Å². The highest BCUT2D eigenvalue weighted by Gasteiger charge is 2.33. The molecule has 0 saturated carbocycles. The van der Waals surface area contributed by atoms with Crippen molar-refractivity contribution in [2.24, 2.45) is 0 Å². The summed E-state index contributed by atoms with van der Waals surface area (Å²) in [4.78, 5) is 14.0. The first-order chi connectivity index (χ1) is 13.3. The molecule has 1 aliphatic rings. The topological polar surface area (TPSA) is 97.1 Å². The van der Waals surface area contributed by atoms with Crippen LogP contribution in [0.3, 0.4) is 0 Å². The summed E-state index contributed by atoms with van der Waals surface area (Å²) >= 11 is 0. The summed E-state index contributed by atoms with van der Waals surface area (Å²) in [6.45, 7) is 5.03. The lowest BCUT2D eigenvalue weighted by molar-refractivity contribution is 0.121. The lowest BCUT2D eigenvalue weighted by atomic mass is 9.99. The van der Waals surface area contributed by atoms with Gasteiger partial charge in [0.2, 0.25) is 0 Å². The van der Waals surface area contributed by atoms with Crippen LogP contribution in [0.1, 0.15) is 30.0 Å². The zero-order valence-corrected chi connectivity index (χ0v) is 17.3. The van der Waals surface area contributed by atoms with Gasteiger partial charge in [0.05, 0.1) is 23.7 Å². The lowest BCUT2D eigenvalue weighted by Gasteiger charge is -2.28. The molecule has 1 aliphatic heterocycles. The summed E-state index contributed by atoms with van der Waals surface area (Å²) in [7, 11) is -1.46. The molecule has 0 bridgehead atoms. The second kappa shape index (κ2) is 8.23. The van der Waals surface area contributed by atoms with Crippen LogP contribution < -0.4 is 5.63 Å². The molecule has 1 atom stereocenters. The Labute approximate surface area is 164 Å². The SMILES string of the molecule is CCc1cc2c(C)cc(=O)oc2c(CN(CCOC)[C@@H]2CCS(=O)(=O)C2)c1O. The number of benzene rings is 1. The number of hydrogen-bond donors (Lipinski definition) is 1. The van der Waals surface area contributed by atoms with Crippen molar-refractivity contribution >= 4 is 20.8 Å². The van der Waals surface area contributed by atoms with Gasteiger partial charge in [-0.25, -0.2) is 13.2 Å². The molecule has 0 radical (unpaired) electrons. The Kier molecular flexibility index (Phi) is 6.12. The maximum atomic E-state index is 12.0. The van der Waals surface area contributed by atoms with Crippen LogP contribution in [-0.4, -0.2) is 56.2 Å². The number of hydrogen-bond acceptors (Lipinski definition) is 7. The van der Waals surface area contributed by atoms with E-state index in [0.717, 1.165) is 16.5 Å². The number of methoxy groups -OCH3 is 1. The van der Waals surface area contributed by atoms with Gasteiger partial charge >= 0.3 is 5.63 Å². The third kappa shape index (κ3) is 4.24. The van der Waals surface area contributed by atoms with E-state index in [0.29, 0.717) is 37.1 Å². The first-order valence-corrected chi connectivity index (χ1v) is 11.3. The van der Waals surface area contributed by atoms with Crippen LogP contribution in [0, 0.1) is 6.92 Å². The summed E-state index contributed by atoms with van der Waals surface area (Å²) in [5.41, 5.74) is 1.97. The van der Waals surface area contributed by atoms with Crippen LogP contribution in [-0.2, 0) is 27.5 Å². The molecule has 2 heterocycles. The van der Waals surface area contributed by atoms with Crippen LogP contribution in [0.2, 0.25) is 0 Å². The Hall–Kier alpha value is -1.90. The molecule has 1 saturated heterocycles. The molecule has 0 unspecified atom stereocenters. The van der Waals surface area contributed by atoms with Gasteiger partial charge in [0.15, 0.2) is 9.84 Å². The third-order valence-electron chi connectivity index (χ3n) is 5.44. The largest absolute Gasteiger partial charge is 0.507 e. The highest BCUT2D eigenvalue weighted by molar-refractivity contribution is 7.91. The quantitative estimate of drug-likeness (QED) is 0.699. The minimum absolute atomic E-state index is 0.0891. The van der Waals surface area contributed by atoms with Crippen LogP contribution >= 0.6 is 0 Å². The molecule has 3 rings (SSSR count). The number of phenols is 1. The third-order valence-corrected chi connectivity index (χ3v) is 7.19. The second-order valence-corrected chi connectivity index (χ2v) is 9.59. The van der Waals surface area contributed by atoms with E-state index < -0.39 is 15.5 Å². The Bertz CT molecular complexity index is 1030. The minimum atomic E-state index is -3.06. The van der Waals surface area contributed by atoms with E-state index in [-0.39, 0.29) is 29.8 Å². The summed E-state index contributed by atoms with van der Waals surface area (Å²) < 4.78 is 34.6. The van der Waals surface area contributed by atoms with E-state index in [1.54, 1.807) is 7.11 Å². The molecule has 0 spiro atoms. The molecule has 154 valence electrons. The first-order valence-electron chi connectivity index (χ1n) is 9.47. The van der Waals surface area contributed by atoms with E-state index >= 15 is 0 Å². The molecular formula is C20H27NO6S. The van der Waals surface area contributed by atoms with Gasteiger partial charge in [0, 0.05) is 37.7 Å². The predicted octanol–water partition coefficient (Wildman–Crippen LogP) is 2.00. The van der Waals surface area contributed by atoms with Gasteiger partial charge in [-0.1, -0.05) is 6.92 Å². The Balaban J connectivity index is 2.09. The molecule has 8 heteroatoms. The Morgan fingerprint density at radius 2 is 2.11 bits per heavy atom. The zero-order chi connectivity index (χ0) is 20.5. The summed E-state index contributed by atoms with van der Waals surface area (Å²) in [6.07, 6.45) is 1.17. The van der Waals surface area contributed by atoms with E-state index in [4.69, 9.17) is 9.15 Å². The first kappa shape index (κ1) is 20.8. The highest BCUT2D eigenvalue weighted by atomic mass is 32.2. The molecule has 1 N–H and O–H groups in total. The standard InChI is InChI=1S/C20H27NO6S/c1-4-14-10-16-13(2)9-18(22)27-20(16)17(19(14)23)11-21(6-7-26-3)15-5-8-28(24,25)12-15/h9-10,15,23H,4-8,11-12H2,1-3H3/t15-/m1/s1. The average molecular weight is 410 g/mol. The fraction of sp³-hybridized carbons (Fsp3) is 0.550. The van der Waals surface area contributed by atoms with E-state index in [2.05, 4.69) is 0 Å². The van der Waals surface area contributed by atoms with Crippen molar-refractivity contribution in [2.75, 3.05) is 31.8 Å². The van der Waals surface area contributed by atoms with Gasteiger partial charge in [-0.3, -0.25) is 4.90 Å². The van der Waals surface area contributed by atoms with E-state index in [1.165, 1.54) is 6.07 Å². The van der Waals surface area contributed by atoms with Gasteiger partial charge in [0.25, 0.3) is 0 Å². The van der Waals surface area contributed by atoms with Crippen LogP contribution in [0.4, 0.5) is 0 Å². The molecule has 0 amide bonds. The van der Waals surface area contributed by atoms with Crippen molar-refractivity contribution in [3.8, 4) is 5.75 Å². The molecule has 1 aromatic heterocycles. The number of aryl methyl sites for hydroxylation is 2. The summed E-state index contributed by atoms with van der Waals surface area (Å²) in [5.74, 6) is 0.357. The number of nitrogens with zero attached hydrogens (tertiary/aromatic N) is 1. The molecule has 1 fully saturated rings. The number of rotatable bonds is 7. The second-order valence-electron chi connectivity index (χ2n) is 7.36. The number of ether oxygens (including phenoxy) is 1. The van der Waals surface area contributed by atoms with Crippen molar-refractivity contribution in [1.29, 1.82) is 0 Å². The van der Waals surface area contributed by atoms with E-state index in [9.17, 15) is 18.3 Å². The van der Waals surface area contributed by atoms with Crippen LogP contribution in [0.5, 0.6) is 5.75 Å². The van der Waals surface area contributed by atoms with Crippen LogP contribution in [0.15, 0.2) is 21.3 Å². The lowest BCUT2D eigenvalue weighted by Crippen LogP contribution is -2.38. The summed E-state index contributed by atoms with van der Waals surface area (Å²) in [5, 5.41) is 11.6. The molecule has 1 aromatic carbocycles. The van der Waals surface area contributed by atoms with Crippen molar-refractivity contribution in [2.45, 2.75) is 39.3 Å². The molecular weight excluding hydrogens is 382 g/mol. The van der Waals surface area contributed by atoms with Crippen molar-refractivity contribution in [1.82, 2.24) is 4.90 Å². The molecule has 2 aromatic rings. The fourth-order valence-electron chi connectivity index (χ4n) is 3.85. The van der Waals surface area contributed by atoms with Crippen molar-refractivity contribution < 1.29 is 22.7 Å². The van der Waals surface area contributed by atoms with E-state index in [1.807, 2.05) is 24.8 Å². The molecule has 7 nitrogen and oxygen atoms in total. The van der Waals surface area contributed by atoms with Gasteiger partial charge in [-0.05, 0) is 37.0 Å². The number of fused-ring (bicyclic) bond motifs is 1. The average Bonchev–Trinajstić information content (AvgIpc) is 3.00. The monoisotopic (exact) mass is 409 g/mol. The Morgan fingerprint density at radius 3 is 2.71 bits per heavy atom.